The van der Waals surface area contributed by atoms with Crippen LogP contribution in [0.25, 0.3) is 0 Å². The van der Waals surface area contributed by atoms with Crippen LogP contribution in [0.4, 0.5) is 0 Å². The van der Waals surface area contributed by atoms with Crippen molar-refractivity contribution < 1.29 is 4.74 Å². The molecule has 2 heteroatoms. The summed E-state index contributed by atoms with van der Waals surface area (Å²) in [5.74, 6) is 0.997. The normalized spacial score (nSPS) is 11.5. The molecule has 21 heavy (non-hydrogen) atoms. The van der Waals surface area contributed by atoms with Crippen LogP contribution in [-0.4, -0.2) is 0 Å². The van der Waals surface area contributed by atoms with Gasteiger partial charge in [-0.3, -0.25) is 0 Å². The molecule has 0 aromatic heterocycles. The highest BCUT2D eigenvalue weighted by Gasteiger charge is 2.20. The Hall–Kier alpha value is -1.80. The van der Waals surface area contributed by atoms with Crippen molar-refractivity contribution in [3.8, 4) is 5.75 Å². The van der Waals surface area contributed by atoms with E-state index in [9.17, 15) is 0 Å². The Balaban J connectivity index is 2.28. The first-order valence-corrected chi connectivity index (χ1v) is 7.43. The lowest BCUT2D eigenvalue weighted by atomic mass is 9.85. The van der Waals surface area contributed by atoms with Crippen molar-refractivity contribution in [2.45, 2.75) is 46.3 Å². The Kier molecular flexibility index (Phi) is 4.69. The molecule has 0 fully saturated rings. The van der Waals surface area contributed by atoms with E-state index in [-0.39, 0.29) is 5.41 Å². The van der Waals surface area contributed by atoms with E-state index in [1.807, 2.05) is 12.1 Å². The van der Waals surface area contributed by atoms with Crippen LogP contribution in [0, 0.1) is 6.92 Å². The molecule has 0 heterocycles. The van der Waals surface area contributed by atoms with Crippen LogP contribution in [0.5, 0.6) is 5.75 Å². The van der Waals surface area contributed by atoms with Crippen molar-refractivity contribution in [1.82, 2.24) is 0 Å². The molecule has 2 N–H and O–H groups in total. The van der Waals surface area contributed by atoms with Gasteiger partial charge in [0.25, 0.3) is 0 Å². The number of ether oxygens (including phenoxy) is 1. The van der Waals surface area contributed by atoms with Gasteiger partial charge >= 0.3 is 0 Å². The van der Waals surface area contributed by atoms with E-state index in [1.54, 1.807) is 0 Å². The van der Waals surface area contributed by atoms with Gasteiger partial charge in [0.15, 0.2) is 0 Å². The predicted molar refractivity (Wildman–Crippen MR) is 88.5 cm³/mol. The van der Waals surface area contributed by atoms with Crippen molar-refractivity contribution >= 4 is 0 Å². The third-order valence-corrected chi connectivity index (χ3v) is 3.73. The molecule has 0 saturated carbocycles. The lowest BCUT2D eigenvalue weighted by molar-refractivity contribution is 0.294. The Bertz CT molecular complexity index is 611. The lowest BCUT2D eigenvalue weighted by Gasteiger charge is -2.24. The van der Waals surface area contributed by atoms with Crippen molar-refractivity contribution in [2.75, 3.05) is 0 Å². The minimum Gasteiger partial charge on any atom is -0.488 e. The van der Waals surface area contributed by atoms with Gasteiger partial charge in [-0.1, -0.05) is 63.2 Å². The van der Waals surface area contributed by atoms with Gasteiger partial charge in [-0.25, -0.2) is 0 Å². The molecule has 0 bridgehead atoms. The van der Waals surface area contributed by atoms with E-state index in [2.05, 4.69) is 58.0 Å². The fraction of sp³-hybridized carbons (Fsp3) is 0.368. The number of hydrogen-bond donors (Lipinski definition) is 1. The third-order valence-electron chi connectivity index (χ3n) is 3.73. The second-order valence-electron chi connectivity index (χ2n) is 6.46. The topological polar surface area (TPSA) is 35.2 Å². The minimum atomic E-state index is 0.0642. The summed E-state index contributed by atoms with van der Waals surface area (Å²) in [6, 6.07) is 14.5. The van der Waals surface area contributed by atoms with Gasteiger partial charge in [0.2, 0.25) is 0 Å². The van der Waals surface area contributed by atoms with Crippen LogP contribution in [0.15, 0.2) is 42.5 Å². The van der Waals surface area contributed by atoms with E-state index in [0.717, 1.165) is 16.9 Å². The van der Waals surface area contributed by atoms with Crippen LogP contribution < -0.4 is 10.5 Å². The lowest BCUT2D eigenvalue weighted by Crippen LogP contribution is -2.14. The summed E-state index contributed by atoms with van der Waals surface area (Å²) < 4.78 is 6.17. The number of aryl methyl sites for hydroxylation is 1. The average molecular weight is 283 g/mol. The summed E-state index contributed by atoms with van der Waals surface area (Å²) in [5.41, 5.74) is 10.6. The highest BCUT2D eigenvalue weighted by Crippen LogP contribution is 2.34. The van der Waals surface area contributed by atoms with Gasteiger partial charge in [0.1, 0.15) is 12.4 Å². The molecule has 0 amide bonds. The van der Waals surface area contributed by atoms with Crippen molar-refractivity contribution in [1.29, 1.82) is 0 Å². The molecular formula is C19H25NO. The van der Waals surface area contributed by atoms with Crippen molar-refractivity contribution in [3.63, 3.8) is 0 Å². The van der Waals surface area contributed by atoms with E-state index in [4.69, 9.17) is 10.5 Å². The van der Waals surface area contributed by atoms with E-state index in [1.165, 1.54) is 11.1 Å². The third kappa shape index (κ3) is 3.64. The first-order chi connectivity index (χ1) is 9.93. The van der Waals surface area contributed by atoms with Gasteiger partial charge in [0.05, 0.1) is 0 Å². The summed E-state index contributed by atoms with van der Waals surface area (Å²) >= 11 is 0. The second kappa shape index (κ2) is 6.31. The SMILES string of the molecule is Cc1cccc(C(C)(C)C)c1OCc1ccccc1CN. The molecule has 0 spiro atoms. The molecule has 0 aliphatic rings. The molecule has 0 unspecified atom stereocenters. The number of benzene rings is 2. The summed E-state index contributed by atoms with van der Waals surface area (Å²) in [6.45, 7) is 9.83. The van der Waals surface area contributed by atoms with Crippen molar-refractivity contribution in [3.05, 3.63) is 64.7 Å². The number of rotatable bonds is 4. The highest BCUT2D eigenvalue weighted by atomic mass is 16.5. The summed E-state index contributed by atoms with van der Waals surface area (Å²) in [4.78, 5) is 0. The molecule has 0 saturated heterocycles. The quantitative estimate of drug-likeness (QED) is 0.906. The maximum absolute atomic E-state index is 6.17. The summed E-state index contributed by atoms with van der Waals surface area (Å²) in [7, 11) is 0. The van der Waals surface area contributed by atoms with Crippen LogP contribution in [0.1, 0.15) is 43.0 Å². The fourth-order valence-electron chi connectivity index (χ4n) is 2.48. The standard InChI is InChI=1S/C19H25NO/c1-14-8-7-11-17(19(2,3)4)18(14)21-13-16-10-6-5-9-15(16)12-20/h5-11H,12-13,20H2,1-4H3. The summed E-state index contributed by atoms with van der Waals surface area (Å²) in [6.07, 6.45) is 0. The smallest absolute Gasteiger partial charge is 0.126 e. The maximum Gasteiger partial charge on any atom is 0.126 e. The molecule has 2 aromatic rings. The van der Waals surface area contributed by atoms with Gasteiger partial charge in [-0.15, -0.1) is 0 Å². The summed E-state index contributed by atoms with van der Waals surface area (Å²) in [5, 5.41) is 0. The second-order valence-corrected chi connectivity index (χ2v) is 6.46. The van der Waals surface area contributed by atoms with Crippen LogP contribution in [0.3, 0.4) is 0 Å². The highest BCUT2D eigenvalue weighted by molar-refractivity contribution is 5.44. The van der Waals surface area contributed by atoms with Crippen LogP contribution >= 0.6 is 0 Å². The first-order valence-electron chi connectivity index (χ1n) is 7.43. The van der Waals surface area contributed by atoms with E-state index in [0.29, 0.717) is 13.2 Å². The Morgan fingerprint density at radius 2 is 1.62 bits per heavy atom. The first kappa shape index (κ1) is 15.6. The molecule has 0 aliphatic heterocycles. The molecule has 2 nitrogen and oxygen atoms in total. The predicted octanol–water partition coefficient (Wildman–Crippen LogP) is 4.33. The Morgan fingerprint density at radius 1 is 0.952 bits per heavy atom. The minimum absolute atomic E-state index is 0.0642. The maximum atomic E-state index is 6.17. The van der Waals surface area contributed by atoms with E-state index < -0.39 is 0 Å². The zero-order valence-electron chi connectivity index (χ0n) is 13.4. The molecule has 2 aromatic carbocycles. The van der Waals surface area contributed by atoms with Crippen LogP contribution in [-0.2, 0) is 18.6 Å². The number of hydrogen-bond acceptors (Lipinski definition) is 2. The van der Waals surface area contributed by atoms with E-state index >= 15 is 0 Å². The Labute approximate surface area is 127 Å². The van der Waals surface area contributed by atoms with Crippen LogP contribution in [0.2, 0.25) is 0 Å². The molecular weight excluding hydrogens is 258 g/mol. The average Bonchev–Trinajstić information content (AvgIpc) is 2.45. The number of para-hydroxylation sites is 1. The monoisotopic (exact) mass is 283 g/mol. The molecule has 2 rings (SSSR count). The zero-order valence-corrected chi connectivity index (χ0v) is 13.4. The molecule has 0 atom stereocenters. The fourth-order valence-corrected chi connectivity index (χ4v) is 2.48. The zero-order chi connectivity index (χ0) is 15.5. The Morgan fingerprint density at radius 3 is 2.24 bits per heavy atom. The van der Waals surface area contributed by atoms with Gasteiger partial charge in [-0.2, -0.15) is 0 Å². The van der Waals surface area contributed by atoms with Gasteiger partial charge < -0.3 is 10.5 Å². The molecule has 0 aliphatic carbocycles. The largest absolute Gasteiger partial charge is 0.488 e. The molecule has 112 valence electrons. The van der Waals surface area contributed by atoms with Crippen molar-refractivity contribution in [2.24, 2.45) is 5.73 Å². The van der Waals surface area contributed by atoms with Gasteiger partial charge in [-0.05, 0) is 34.6 Å². The molecule has 0 radical (unpaired) electrons. The number of nitrogens with two attached hydrogens (primary N) is 1. The van der Waals surface area contributed by atoms with Gasteiger partial charge in [0, 0.05) is 6.54 Å².